The van der Waals surface area contributed by atoms with Gasteiger partial charge in [-0.15, -0.1) is 0 Å². The second kappa shape index (κ2) is 6.33. The Bertz CT molecular complexity index is 662. The van der Waals surface area contributed by atoms with Crippen molar-refractivity contribution < 1.29 is 23.8 Å². The summed E-state index contributed by atoms with van der Waals surface area (Å²) in [7, 11) is 1.45. The van der Waals surface area contributed by atoms with E-state index in [0.29, 0.717) is 30.0 Å². The highest BCUT2D eigenvalue weighted by Crippen LogP contribution is 2.52. The molecule has 1 aromatic carbocycles. The predicted molar refractivity (Wildman–Crippen MR) is 85.4 cm³/mol. The van der Waals surface area contributed by atoms with E-state index in [4.69, 9.17) is 16.3 Å². The highest BCUT2D eigenvalue weighted by Gasteiger charge is 2.52. The lowest BCUT2D eigenvalue weighted by Crippen LogP contribution is -2.40. The fourth-order valence-electron chi connectivity index (χ4n) is 3.58. The molecule has 0 radical (unpaired) electrons. The highest BCUT2D eigenvalue weighted by molar-refractivity contribution is 6.31. The van der Waals surface area contributed by atoms with Crippen molar-refractivity contribution in [2.75, 3.05) is 26.8 Å². The van der Waals surface area contributed by atoms with E-state index < -0.39 is 17.2 Å². The van der Waals surface area contributed by atoms with Crippen LogP contribution in [0.1, 0.15) is 24.3 Å². The molecule has 3 atom stereocenters. The lowest BCUT2D eigenvalue weighted by molar-refractivity contribution is -0.151. The predicted octanol–water partition coefficient (Wildman–Crippen LogP) is 2.53. The average molecular weight is 356 g/mol. The number of likely N-dealkylation sites (tertiary alicyclic amines) is 1. The van der Waals surface area contributed by atoms with Gasteiger partial charge in [-0.2, -0.15) is 0 Å². The fraction of sp³-hybridized carbons (Fsp3) is 0.529. The summed E-state index contributed by atoms with van der Waals surface area (Å²) in [4.78, 5) is 25.8. The molecule has 3 rings (SSSR count). The third kappa shape index (κ3) is 2.89. The van der Waals surface area contributed by atoms with Crippen molar-refractivity contribution in [2.24, 2.45) is 11.3 Å². The number of ether oxygens (including phenoxy) is 1. The van der Waals surface area contributed by atoms with Crippen LogP contribution in [0.25, 0.3) is 0 Å². The Labute approximate surface area is 144 Å². The number of carbonyl (C=O) groups is 2. The van der Waals surface area contributed by atoms with Gasteiger partial charge >= 0.3 is 5.97 Å². The Morgan fingerprint density at radius 3 is 2.88 bits per heavy atom. The third-order valence-corrected chi connectivity index (χ3v) is 5.35. The van der Waals surface area contributed by atoms with Crippen molar-refractivity contribution in [3.63, 3.8) is 0 Å². The van der Waals surface area contributed by atoms with Crippen molar-refractivity contribution in [3.8, 4) is 0 Å². The quantitative estimate of drug-likeness (QED) is 0.881. The number of halogens is 2. The van der Waals surface area contributed by atoms with Gasteiger partial charge in [0.15, 0.2) is 0 Å². The first-order valence-corrected chi connectivity index (χ1v) is 8.22. The lowest BCUT2D eigenvalue weighted by atomic mass is 9.88. The lowest BCUT2D eigenvalue weighted by Gasteiger charge is -2.24. The average Bonchev–Trinajstić information content (AvgIpc) is 3.18. The van der Waals surface area contributed by atoms with E-state index >= 15 is 0 Å². The molecule has 1 saturated carbocycles. The standard InChI is InChI=1S/C17H19ClFNO4/c1-24-9-17(16(22)23)5-6-20(8-17)15(21)11-7-10(11)14-12(18)3-2-4-13(14)19/h2-4,10-11H,5-9H2,1H3,(H,22,23). The zero-order valence-electron chi connectivity index (χ0n) is 13.3. The van der Waals surface area contributed by atoms with Crippen molar-refractivity contribution in [2.45, 2.75) is 18.8 Å². The molecule has 0 bridgehead atoms. The maximum absolute atomic E-state index is 14.0. The van der Waals surface area contributed by atoms with Gasteiger partial charge in [0.1, 0.15) is 11.2 Å². The van der Waals surface area contributed by atoms with E-state index in [1.165, 1.54) is 19.2 Å². The summed E-state index contributed by atoms with van der Waals surface area (Å²) in [6.45, 7) is 0.575. The molecule has 0 spiro atoms. The highest BCUT2D eigenvalue weighted by atomic mass is 35.5. The molecule has 2 fully saturated rings. The van der Waals surface area contributed by atoms with Gasteiger partial charge in [0.25, 0.3) is 0 Å². The molecule has 1 heterocycles. The van der Waals surface area contributed by atoms with Gasteiger partial charge in [-0.3, -0.25) is 9.59 Å². The van der Waals surface area contributed by atoms with E-state index in [2.05, 4.69) is 0 Å². The second-order valence-electron chi connectivity index (χ2n) is 6.61. The second-order valence-corrected chi connectivity index (χ2v) is 7.02. The number of carboxylic acids is 1. The number of methoxy groups -OCH3 is 1. The van der Waals surface area contributed by atoms with Crippen LogP contribution in [-0.4, -0.2) is 48.7 Å². The van der Waals surface area contributed by atoms with Gasteiger partial charge in [0.2, 0.25) is 5.91 Å². The molecule has 1 aromatic rings. The Hall–Kier alpha value is -1.66. The van der Waals surface area contributed by atoms with E-state index in [-0.39, 0.29) is 30.9 Å². The molecule has 1 aliphatic carbocycles. The van der Waals surface area contributed by atoms with Crippen molar-refractivity contribution >= 4 is 23.5 Å². The van der Waals surface area contributed by atoms with Crippen molar-refractivity contribution in [1.82, 2.24) is 4.90 Å². The molecule has 24 heavy (non-hydrogen) atoms. The van der Waals surface area contributed by atoms with E-state index in [0.717, 1.165) is 0 Å². The maximum atomic E-state index is 14.0. The number of hydrogen-bond acceptors (Lipinski definition) is 3. The third-order valence-electron chi connectivity index (χ3n) is 5.02. The molecule has 5 nitrogen and oxygen atoms in total. The Morgan fingerprint density at radius 1 is 1.50 bits per heavy atom. The van der Waals surface area contributed by atoms with Crippen LogP contribution in [-0.2, 0) is 14.3 Å². The largest absolute Gasteiger partial charge is 0.481 e. The molecule has 1 aliphatic heterocycles. The Kier molecular flexibility index (Phi) is 4.53. The zero-order chi connectivity index (χ0) is 17.5. The molecule has 7 heteroatoms. The molecule has 1 N–H and O–H groups in total. The summed E-state index contributed by atoms with van der Waals surface area (Å²) in [5.41, 5.74) is -0.664. The molecular weight excluding hydrogens is 337 g/mol. The molecule has 2 aliphatic rings. The minimum absolute atomic E-state index is 0.0688. The van der Waals surface area contributed by atoms with Crippen LogP contribution in [0.3, 0.4) is 0 Å². The summed E-state index contributed by atoms with van der Waals surface area (Å²) in [5.74, 6) is -2.04. The zero-order valence-corrected chi connectivity index (χ0v) is 14.1. The monoisotopic (exact) mass is 355 g/mol. The molecule has 3 unspecified atom stereocenters. The summed E-state index contributed by atoms with van der Waals surface area (Å²) in [5, 5.41) is 9.80. The van der Waals surface area contributed by atoms with Gasteiger partial charge in [-0.1, -0.05) is 17.7 Å². The summed E-state index contributed by atoms with van der Waals surface area (Å²) >= 11 is 6.06. The first-order valence-electron chi connectivity index (χ1n) is 7.84. The minimum atomic E-state index is -1.05. The maximum Gasteiger partial charge on any atom is 0.313 e. The van der Waals surface area contributed by atoms with Gasteiger partial charge in [0.05, 0.1) is 6.61 Å². The number of aliphatic carboxylic acids is 1. The Balaban J connectivity index is 1.70. The number of hydrogen-bond donors (Lipinski definition) is 1. The van der Waals surface area contributed by atoms with Crippen LogP contribution in [0.15, 0.2) is 18.2 Å². The topological polar surface area (TPSA) is 66.8 Å². The fourth-order valence-corrected chi connectivity index (χ4v) is 3.88. The molecule has 1 amide bonds. The van der Waals surface area contributed by atoms with Crippen molar-refractivity contribution in [1.29, 1.82) is 0 Å². The minimum Gasteiger partial charge on any atom is -0.481 e. The van der Waals surface area contributed by atoms with Crippen LogP contribution < -0.4 is 0 Å². The number of benzene rings is 1. The number of amides is 1. The SMILES string of the molecule is COCC1(C(=O)O)CCN(C(=O)C2CC2c2c(F)cccc2Cl)C1. The van der Waals surface area contributed by atoms with Crippen LogP contribution in [0, 0.1) is 17.2 Å². The molecule has 130 valence electrons. The Morgan fingerprint density at radius 2 is 2.25 bits per heavy atom. The van der Waals surface area contributed by atoms with E-state index in [9.17, 15) is 19.1 Å². The summed E-state index contributed by atoms with van der Waals surface area (Å²) in [6.07, 6.45) is 0.903. The van der Waals surface area contributed by atoms with E-state index in [1.807, 2.05) is 0 Å². The smallest absolute Gasteiger partial charge is 0.313 e. The first-order chi connectivity index (χ1) is 11.4. The number of nitrogens with zero attached hydrogens (tertiary/aromatic N) is 1. The number of rotatable bonds is 5. The number of carbonyl (C=O) groups excluding carboxylic acids is 1. The van der Waals surface area contributed by atoms with Gasteiger partial charge < -0.3 is 14.7 Å². The van der Waals surface area contributed by atoms with Crippen LogP contribution in [0.2, 0.25) is 5.02 Å². The van der Waals surface area contributed by atoms with Crippen molar-refractivity contribution in [3.05, 3.63) is 34.6 Å². The van der Waals surface area contributed by atoms with E-state index in [1.54, 1.807) is 11.0 Å². The molecule has 1 saturated heterocycles. The normalized spacial score (nSPS) is 28.9. The summed E-state index contributed by atoms with van der Waals surface area (Å²) in [6, 6.07) is 4.49. The first kappa shape index (κ1) is 17.2. The van der Waals surface area contributed by atoms with Gasteiger partial charge in [-0.25, -0.2) is 4.39 Å². The summed E-state index contributed by atoms with van der Waals surface area (Å²) < 4.78 is 19.0. The van der Waals surface area contributed by atoms with Gasteiger partial charge in [-0.05, 0) is 25.0 Å². The molecule has 0 aromatic heterocycles. The van der Waals surface area contributed by atoms with Crippen LogP contribution in [0.5, 0.6) is 0 Å². The number of carboxylic acid groups (broad SMARTS) is 1. The van der Waals surface area contributed by atoms with Crippen LogP contribution >= 0.6 is 11.6 Å². The van der Waals surface area contributed by atoms with Gasteiger partial charge in [0, 0.05) is 42.6 Å². The van der Waals surface area contributed by atoms with Crippen LogP contribution in [0.4, 0.5) is 4.39 Å². The molecular formula is C17H19ClFNO4.